The standard InChI is InChI=1S/C23H36BFN2O4/c1-16-14-26(11-12-27(16)20(28)29-21(2,3)4)15-17-9-10-18(13-19(17)25)24-30-22(5,6)23(7,8)31-24/h9-10,13,16H,11-12,14-15H2,1-8H3/t16-/m0/s1. The Balaban J connectivity index is 1.61. The van der Waals surface area contributed by atoms with Gasteiger partial charge in [0.2, 0.25) is 0 Å². The van der Waals surface area contributed by atoms with Gasteiger partial charge in [0, 0.05) is 37.8 Å². The molecule has 8 heteroatoms. The SMILES string of the molecule is C[C@H]1CN(Cc2ccc(B3OC(C)(C)C(C)(C)O3)cc2F)CCN1C(=O)OC(C)(C)C. The van der Waals surface area contributed by atoms with Gasteiger partial charge in [0.25, 0.3) is 0 Å². The van der Waals surface area contributed by atoms with Crippen molar-refractivity contribution in [2.24, 2.45) is 0 Å². The number of hydrogen-bond acceptors (Lipinski definition) is 5. The number of piperazine rings is 1. The lowest BCUT2D eigenvalue weighted by Gasteiger charge is -2.40. The third-order valence-electron chi connectivity index (χ3n) is 6.34. The zero-order valence-corrected chi connectivity index (χ0v) is 20.1. The lowest BCUT2D eigenvalue weighted by Crippen LogP contribution is -2.54. The summed E-state index contributed by atoms with van der Waals surface area (Å²) in [7, 11) is -0.578. The highest BCUT2D eigenvalue weighted by atomic mass is 19.1. The minimum atomic E-state index is -0.578. The maximum atomic E-state index is 14.9. The van der Waals surface area contributed by atoms with Gasteiger partial charge in [-0.2, -0.15) is 0 Å². The van der Waals surface area contributed by atoms with Gasteiger partial charge in [0.15, 0.2) is 0 Å². The Morgan fingerprint density at radius 2 is 1.81 bits per heavy atom. The van der Waals surface area contributed by atoms with E-state index in [1.807, 2.05) is 61.5 Å². The molecule has 2 heterocycles. The molecule has 0 unspecified atom stereocenters. The summed E-state index contributed by atoms with van der Waals surface area (Å²) < 4.78 is 32.5. The maximum Gasteiger partial charge on any atom is 0.494 e. The molecule has 2 aliphatic rings. The van der Waals surface area contributed by atoms with Crippen LogP contribution in [0.3, 0.4) is 0 Å². The largest absolute Gasteiger partial charge is 0.494 e. The average molecular weight is 434 g/mol. The molecule has 6 nitrogen and oxygen atoms in total. The van der Waals surface area contributed by atoms with E-state index in [0.29, 0.717) is 37.2 Å². The first-order valence-corrected chi connectivity index (χ1v) is 11.0. The summed E-state index contributed by atoms with van der Waals surface area (Å²) in [5.41, 5.74) is -0.134. The van der Waals surface area contributed by atoms with Crippen molar-refractivity contribution in [2.45, 2.75) is 84.8 Å². The molecule has 2 aliphatic heterocycles. The van der Waals surface area contributed by atoms with Crippen LogP contribution in [0.1, 0.15) is 61.0 Å². The Bertz CT molecular complexity index is 808. The summed E-state index contributed by atoms with van der Waals surface area (Å²) in [6.45, 7) is 17.9. The van der Waals surface area contributed by atoms with Crippen LogP contribution < -0.4 is 5.46 Å². The van der Waals surface area contributed by atoms with Crippen LogP contribution in [0.25, 0.3) is 0 Å². The first-order valence-electron chi connectivity index (χ1n) is 11.0. The molecule has 0 radical (unpaired) electrons. The Morgan fingerprint density at radius 3 is 2.32 bits per heavy atom. The quantitative estimate of drug-likeness (QED) is 0.681. The molecule has 0 bridgehead atoms. The van der Waals surface area contributed by atoms with Crippen LogP contribution in [0, 0.1) is 5.82 Å². The number of nitrogens with zero attached hydrogens (tertiary/aromatic N) is 2. The van der Waals surface area contributed by atoms with E-state index in [4.69, 9.17) is 14.0 Å². The van der Waals surface area contributed by atoms with Crippen LogP contribution in [0.15, 0.2) is 18.2 Å². The Hall–Kier alpha value is -1.64. The van der Waals surface area contributed by atoms with Crippen LogP contribution >= 0.6 is 0 Å². The lowest BCUT2D eigenvalue weighted by atomic mass is 9.78. The first-order chi connectivity index (χ1) is 14.2. The lowest BCUT2D eigenvalue weighted by molar-refractivity contribution is 0.000438. The van der Waals surface area contributed by atoms with Crippen LogP contribution in [0.4, 0.5) is 9.18 Å². The van der Waals surface area contributed by atoms with E-state index in [1.54, 1.807) is 11.0 Å². The predicted octanol–water partition coefficient (Wildman–Crippen LogP) is 3.57. The molecular formula is C23H36BFN2O4. The second-order valence-electron chi connectivity index (χ2n) is 10.7. The average Bonchev–Trinajstić information content (AvgIpc) is 2.83. The van der Waals surface area contributed by atoms with E-state index in [0.717, 1.165) is 0 Å². The van der Waals surface area contributed by atoms with E-state index in [9.17, 15) is 9.18 Å². The fraction of sp³-hybridized carbons (Fsp3) is 0.696. The van der Waals surface area contributed by atoms with Crippen molar-refractivity contribution in [3.63, 3.8) is 0 Å². The Labute approximate surface area is 186 Å². The van der Waals surface area contributed by atoms with Crippen molar-refractivity contribution in [3.8, 4) is 0 Å². The normalized spacial score (nSPS) is 23.8. The number of ether oxygens (including phenoxy) is 1. The third-order valence-corrected chi connectivity index (χ3v) is 6.34. The van der Waals surface area contributed by atoms with E-state index >= 15 is 0 Å². The van der Waals surface area contributed by atoms with Crippen molar-refractivity contribution in [1.29, 1.82) is 0 Å². The van der Waals surface area contributed by atoms with Crippen LogP contribution in [0.5, 0.6) is 0 Å². The topological polar surface area (TPSA) is 51.2 Å². The number of rotatable bonds is 3. The molecule has 1 aromatic rings. The molecule has 2 saturated heterocycles. The van der Waals surface area contributed by atoms with Crippen molar-refractivity contribution in [2.75, 3.05) is 19.6 Å². The van der Waals surface area contributed by atoms with Crippen LogP contribution in [-0.2, 0) is 20.6 Å². The van der Waals surface area contributed by atoms with Crippen LogP contribution in [-0.4, -0.2) is 65.5 Å². The van der Waals surface area contributed by atoms with Gasteiger partial charge in [-0.25, -0.2) is 9.18 Å². The van der Waals surface area contributed by atoms with Gasteiger partial charge in [-0.15, -0.1) is 0 Å². The van der Waals surface area contributed by atoms with E-state index < -0.39 is 23.9 Å². The van der Waals surface area contributed by atoms with Crippen molar-refractivity contribution in [3.05, 3.63) is 29.6 Å². The summed E-state index contributed by atoms with van der Waals surface area (Å²) in [4.78, 5) is 16.3. The molecule has 0 aromatic heterocycles. The predicted molar refractivity (Wildman–Crippen MR) is 120 cm³/mol. The summed E-state index contributed by atoms with van der Waals surface area (Å²) >= 11 is 0. The fourth-order valence-electron chi connectivity index (χ4n) is 3.83. The molecule has 0 aliphatic carbocycles. The van der Waals surface area contributed by atoms with E-state index in [1.165, 1.54) is 6.07 Å². The third kappa shape index (κ3) is 5.41. The minimum Gasteiger partial charge on any atom is -0.444 e. The smallest absolute Gasteiger partial charge is 0.444 e. The fourth-order valence-corrected chi connectivity index (χ4v) is 3.83. The van der Waals surface area contributed by atoms with E-state index in [-0.39, 0.29) is 18.0 Å². The highest BCUT2D eigenvalue weighted by Crippen LogP contribution is 2.36. The first kappa shape index (κ1) is 24.0. The van der Waals surface area contributed by atoms with Gasteiger partial charge in [0.05, 0.1) is 11.2 Å². The summed E-state index contributed by atoms with van der Waals surface area (Å²) in [6, 6.07) is 5.19. The van der Waals surface area contributed by atoms with Crippen LogP contribution in [0.2, 0.25) is 0 Å². The zero-order valence-electron chi connectivity index (χ0n) is 20.1. The number of halogens is 1. The number of carbonyl (C=O) groups is 1. The Morgan fingerprint density at radius 1 is 1.19 bits per heavy atom. The molecule has 0 spiro atoms. The molecule has 3 rings (SSSR count). The summed E-state index contributed by atoms with van der Waals surface area (Å²) in [5, 5.41) is 0. The van der Waals surface area contributed by atoms with Gasteiger partial charge in [0.1, 0.15) is 11.4 Å². The molecule has 2 fully saturated rings. The van der Waals surface area contributed by atoms with Crippen molar-refractivity contribution >= 4 is 18.7 Å². The second kappa shape index (κ2) is 8.37. The number of hydrogen-bond donors (Lipinski definition) is 0. The van der Waals surface area contributed by atoms with Gasteiger partial charge in [-0.3, -0.25) is 4.90 Å². The number of amides is 1. The van der Waals surface area contributed by atoms with Gasteiger partial charge < -0.3 is 18.9 Å². The molecule has 1 atom stereocenters. The molecule has 0 N–H and O–H groups in total. The molecule has 0 saturated carbocycles. The number of carbonyl (C=O) groups excluding carboxylic acids is 1. The number of benzene rings is 1. The van der Waals surface area contributed by atoms with Crippen molar-refractivity contribution in [1.82, 2.24) is 9.80 Å². The summed E-state index contributed by atoms with van der Waals surface area (Å²) in [5.74, 6) is -0.269. The maximum absolute atomic E-state index is 14.9. The monoisotopic (exact) mass is 434 g/mol. The highest BCUT2D eigenvalue weighted by Gasteiger charge is 2.51. The van der Waals surface area contributed by atoms with Gasteiger partial charge in [-0.1, -0.05) is 12.1 Å². The zero-order chi connectivity index (χ0) is 23.2. The molecule has 172 valence electrons. The molecule has 1 aromatic carbocycles. The van der Waals surface area contributed by atoms with E-state index in [2.05, 4.69) is 4.90 Å². The minimum absolute atomic E-state index is 0.00399. The van der Waals surface area contributed by atoms with Gasteiger partial charge >= 0.3 is 13.2 Å². The molecule has 31 heavy (non-hydrogen) atoms. The summed E-state index contributed by atoms with van der Waals surface area (Å²) in [6.07, 6.45) is -0.294. The Kier molecular flexibility index (Phi) is 6.49. The van der Waals surface area contributed by atoms with Gasteiger partial charge in [-0.05, 0) is 66.9 Å². The highest BCUT2D eigenvalue weighted by molar-refractivity contribution is 6.62. The molecule has 1 amide bonds. The van der Waals surface area contributed by atoms with Crippen molar-refractivity contribution < 1.29 is 23.2 Å². The molecular weight excluding hydrogens is 398 g/mol. The second-order valence-corrected chi connectivity index (χ2v) is 10.7.